The Morgan fingerprint density at radius 2 is 2.29 bits per heavy atom. The first-order valence-corrected chi connectivity index (χ1v) is 7.21. The summed E-state index contributed by atoms with van der Waals surface area (Å²) in [4.78, 5) is 25.4. The minimum Gasteiger partial charge on any atom is -0.383 e. The number of methoxy groups -OCH3 is 1. The molecule has 1 saturated heterocycles. The van der Waals surface area contributed by atoms with Crippen molar-refractivity contribution in [2.45, 2.75) is 12.8 Å². The average molecular weight is 290 g/mol. The summed E-state index contributed by atoms with van der Waals surface area (Å²) in [6.07, 6.45) is 1.40. The second-order valence-electron chi connectivity index (χ2n) is 5.39. The SMILES string of the molecule is CNC(=O)c1cccc(CC2CC(=O)N(CCOC)C2)c1. The zero-order chi connectivity index (χ0) is 15.2. The van der Waals surface area contributed by atoms with E-state index in [4.69, 9.17) is 4.74 Å². The molecular formula is C16H22N2O3. The molecule has 5 heteroatoms. The molecule has 0 bridgehead atoms. The summed E-state index contributed by atoms with van der Waals surface area (Å²) >= 11 is 0. The lowest BCUT2D eigenvalue weighted by atomic mass is 9.97. The van der Waals surface area contributed by atoms with Gasteiger partial charge in [-0.15, -0.1) is 0 Å². The number of hydrogen-bond acceptors (Lipinski definition) is 3. The zero-order valence-corrected chi connectivity index (χ0v) is 12.6. The lowest BCUT2D eigenvalue weighted by molar-refractivity contribution is -0.128. The maximum atomic E-state index is 11.9. The van der Waals surface area contributed by atoms with Gasteiger partial charge in [0.15, 0.2) is 0 Å². The van der Waals surface area contributed by atoms with Crippen LogP contribution in [0.4, 0.5) is 0 Å². The fourth-order valence-corrected chi connectivity index (χ4v) is 2.73. The molecule has 1 heterocycles. The number of carbonyl (C=O) groups excluding carboxylic acids is 2. The first kappa shape index (κ1) is 15.5. The van der Waals surface area contributed by atoms with Crippen LogP contribution in [-0.2, 0) is 16.0 Å². The largest absolute Gasteiger partial charge is 0.383 e. The molecule has 1 unspecified atom stereocenters. The highest BCUT2D eigenvalue weighted by Crippen LogP contribution is 2.22. The highest BCUT2D eigenvalue weighted by Gasteiger charge is 2.29. The van der Waals surface area contributed by atoms with Crippen LogP contribution in [0.25, 0.3) is 0 Å². The van der Waals surface area contributed by atoms with Crippen molar-refractivity contribution in [2.75, 3.05) is 33.9 Å². The molecular weight excluding hydrogens is 268 g/mol. The van der Waals surface area contributed by atoms with Crippen LogP contribution in [0.15, 0.2) is 24.3 Å². The Labute approximate surface area is 125 Å². The summed E-state index contributed by atoms with van der Waals surface area (Å²) in [5.74, 6) is 0.426. The van der Waals surface area contributed by atoms with Crippen LogP contribution in [0.5, 0.6) is 0 Å². The van der Waals surface area contributed by atoms with Crippen molar-refractivity contribution in [1.82, 2.24) is 10.2 Å². The van der Waals surface area contributed by atoms with E-state index < -0.39 is 0 Å². The fourth-order valence-electron chi connectivity index (χ4n) is 2.73. The fraction of sp³-hybridized carbons (Fsp3) is 0.500. The molecule has 1 aliphatic heterocycles. The molecule has 2 amide bonds. The van der Waals surface area contributed by atoms with Gasteiger partial charge in [0.25, 0.3) is 5.91 Å². The molecule has 5 nitrogen and oxygen atoms in total. The van der Waals surface area contributed by atoms with Gasteiger partial charge in [-0.05, 0) is 30.0 Å². The highest BCUT2D eigenvalue weighted by molar-refractivity contribution is 5.94. The number of hydrogen-bond donors (Lipinski definition) is 1. The number of nitrogens with zero attached hydrogens (tertiary/aromatic N) is 1. The number of carbonyl (C=O) groups is 2. The standard InChI is InChI=1S/C16H22N2O3/c1-17-16(20)14-5-3-4-12(9-14)8-13-10-15(19)18(11-13)6-7-21-2/h3-5,9,13H,6-8,10-11H2,1-2H3,(H,17,20). The van der Waals surface area contributed by atoms with Crippen LogP contribution in [0.1, 0.15) is 22.3 Å². The van der Waals surface area contributed by atoms with Gasteiger partial charge in [-0.25, -0.2) is 0 Å². The third kappa shape index (κ3) is 4.04. The quantitative estimate of drug-likeness (QED) is 0.853. The molecule has 1 aromatic rings. The van der Waals surface area contributed by atoms with Gasteiger partial charge >= 0.3 is 0 Å². The second-order valence-corrected chi connectivity index (χ2v) is 5.39. The lowest BCUT2D eigenvalue weighted by Crippen LogP contribution is -2.28. The van der Waals surface area contributed by atoms with Crippen molar-refractivity contribution in [3.8, 4) is 0 Å². The normalized spacial score (nSPS) is 18.1. The van der Waals surface area contributed by atoms with E-state index in [9.17, 15) is 9.59 Å². The van der Waals surface area contributed by atoms with E-state index in [0.717, 1.165) is 18.5 Å². The minimum absolute atomic E-state index is 0.0823. The molecule has 0 aromatic heterocycles. The van der Waals surface area contributed by atoms with Crippen LogP contribution in [0, 0.1) is 5.92 Å². The number of likely N-dealkylation sites (tertiary alicyclic amines) is 1. The number of ether oxygens (including phenoxy) is 1. The van der Waals surface area contributed by atoms with Crippen LogP contribution >= 0.6 is 0 Å². The third-order valence-electron chi connectivity index (χ3n) is 3.80. The maximum absolute atomic E-state index is 11.9. The average Bonchev–Trinajstić information content (AvgIpc) is 2.84. The summed E-state index contributed by atoms with van der Waals surface area (Å²) in [5, 5.41) is 2.62. The van der Waals surface area contributed by atoms with Gasteiger partial charge in [0, 0.05) is 39.2 Å². The molecule has 2 rings (SSSR count). The summed E-state index contributed by atoms with van der Waals surface area (Å²) in [6, 6.07) is 7.60. The molecule has 21 heavy (non-hydrogen) atoms. The Kier molecular flexibility index (Phi) is 5.33. The molecule has 1 fully saturated rings. The monoisotopic (exact) mass is 290 g/mol. The van der Waals surface area contributed by atoms with E-state index in [1.807, 2.05) is 23.1 Å². The number of amides is 2. The van der Waals surface area contributed by atoms with E-state index >= 15 is 0 Å². The Morgan fingerprint density at radius 3 is 3.00 bits per heavy atom. The van der Waals surface area contributed by atoms with Crippen LogP contribution in [0.2, 0.25) is 0 Å². The van der Waals surface area contributed by atoms with Crippen molar-refractivity contribution in [1.29, 1.82) is 0 Å². The number of nitrogens with one attached hydrogen (secondary N) is 1. The van der Waals surface area contributed by atoms with E-state index in [2.05, 4.69) is 5.32 Å². The number of rotatable bonds is 6. The molecule has 114 valence electrons. The first-order valence-electron chi connectivity index (χ1n) is 7.21. The molecule has 1 aromatic carbocycles. The van der Waals surface area contributed by atoms with Crippen molar-refractivity contribution in [3.63, 3.8) is 0 Å². The van der Waals surface area contributed by atoms with Gasteiger partial charge in [0.1, 0.15) is 0 Å². The predicted octanol–water partition coefficient (Wildman–Crippen LogP) is 1.08. The Balaban J connectivity index is 1.96. The van der Waals surface area contributed by atoms with Gasteiger partial charge in [0.2, 0.25) is 5.91 Å². The van der Waals surface area contributed by atoms with Crippen molar-refractivity contribution in [2.24, 2.45) is 5.92 Å². The van der Waals surface area contributed by atoms with Crippen molar-refractivity contribution < 1.29 is 14.3 Å². The predicted molar refractivity (Wildman–Crippen MR) is 80.1 cm³/mol. The van der Waals surface area contributed by atoms with E-state index in [0.29, 0.717) is 31.1 Å². The van der Waals surface area contributed by atoms with Gasteiger partial charge < -0.3 is 15.0 Å². The molecule has 0 spiro atoms. The highest BCUT2D eigenvalue weighted by atomic mass is 16.5. The van der Waals surface area contributed by atoms with Crippen LogP contribution in [-0.4, -0.2) is 50.6 Å². The molecule has 0 aliphatic carbocycles. The van der Waals surface area contributed by atoms with Crippen molar-refractivity contribution in [3.05, 3.63) is 35.4 Å². The van der Waals surface area contributed by atoms with E-state index in [-0.39, 0.29) is 11.8 Å². The van der Waals surface area contributed by atoms with Crippen LogP contribution < -0.4 is 5.32 Å². The summed E-state index contributed by atoms with van der Waals surface area (Å²) in [5.41, 5.74) is 1.76. The molecule has 1 N–H and O–H groups in total. The Hall–Kier alpha value is -1.88. The second kappa shape index (κ2) is 7.22. The maximum Gasteiger partial charge on any atom is 0.251 e. The van der Waals surface area contributed by atoms with E-state index in [1.165, 1.54) is 0 Å². The minimum atomic E-state index is -0.0823. The zero-order valence-electron chi connectivity index (χ0n) is 12.6. The van der Waals surface area contributed by atoms with E-state index in [1.54, 1.807) is 20.2 Å². The summed E-state index contributed by atoms with van der Waals surface area (Å²) in [7, 11) is 3.26. The number of benzene rings is 1. The lowest BCUT2D eigenvalue weighted by Gasteiger charge is -2.16. The van der Waals surface area contributed by atoms with Gasteiger partial charge in [0.05, 0.1) is 6.61 Å². The summed E-state index contributed by atoms with van der Waals surface area (Å²) in [6.45, 7) is 2.00. The smallest absolute Gasteiger partial charge is 0.251 e. The Bertz CT molecular complexity index is 516. The van der Waals surface area contributed by atoms with Crippen molar-refractivity contribution >= 4 is 11.8 Å². The van der Waals surface area contributed by atoms with Crippen LogP contribution in [0.3, 0.4) is 0 Å². The molecule has 0 saturated carbocycles. The van der Waals surface area contributed by atoms with Gasteiger partial charge in [-0.2, -0.15) is 0 Å². The molecule has 1 aliphatic rings. The first-order chi connectivity index (χ1) is 10.1. The Morgan fingerprint density at radius 1 is 1.48 bits per heavy atom. The van der Waals surface area contributed by atoms with Gasteiger partial charge in [-0.3, -0.25) is 9.59 Å². The molecule has 0 radical (unpaired) electrons. The summed E-state index contributed by atoms with van der Waals surface area (Å²) < 4.78 is 5.02. The third-order valence-corrected chi connectivity index (χ3v) is 3.80. The van der Waals surface area contributed by atoms with Gasteiger partial charge in [-0.1, -0.05) is 12.1 Å². The molecule has 1 atom stereocenters. The topological polar surface area (TPSA) is 58.6 Å².